The second-order valence-electron chi connectivity index (χ2n) is 8.42. The van der Waals surface area contributed by atoms with Gasteiger partial charge in [0.15, 0.2) is 0 Å². The molecule has 3 atom stereocenters. The van der Waals surface area contributed by atoms with Gasteiger partial charge in [-0.2, -0.15) is 0 Å². The summed E-state index contributed by atoms with van der Waals surface area (Å²) in [6.07, 6.45) is 1.66. The average molecular weight is 437 g/mol. The van der Waals surface area contributed by atoms with Crippen molar-refractivity contribution in [2.45, 2.75) is 50.6 Å². The molecule has 0 heterocycles. The van der Waals surface area contributed by atoms with Crippen LogP contribution in [0.2, 0.25) is 0 Å². The molecule has 2 aromatic rings. The minimum absolute atomic E-state index is 0.0585. The molecule has 0 radical (unpaired) electrons. The fourth-order valence-corrected chi connectivity index (χ4v) is 4.85. The van der Waals surface area contributed by atoms with E-state index in [4.69, 9.17) is 4.74 Å². The molecular formula is C25H28N2O5. The SMILES string of the molecule is CC[C@@H](NC(=O)OCC1c2ccccc2-c2ccccc21)C(=O)NC1CCCC1C(=O)O. The minimum atomic E-state index is -0.898. The molecule has 0 saturated heterocycles. The van der Waals surface area contributed by atoms with Gasteiger partial charge in [-0.05, 0) is 41.5 Å². The van der Waals surface area contributed by atoms with Gasteiger partial charge in [0.05, 0.1) is 5.92 Å². The third kappa shape index (κ3) is 4.33. The van der Waals surface area contributed by atoms with Crippen LogP contribution in [0.15, 0.2) is 48.5 Å². The van der Waals surface area contributed by atoms with Crippen LogP contribution in [0.3, 0.4) is 0 Å². The number of hydrogen-bond acceptors (Lipinski definition) is 4. The maximum Gasteiger partial charge on any atom is 0.407 e. The van der Waals surface area contributed by atoms with Crippen molar-refractivity contribution in [3.05, 3.63) is 59.7 Å². The summed E-state index contributed by atoms with van der Waals surface area (Å²) in [7, 11) is 0. The van der Waals surface area contributed by atoms with Crippen molar-refractivity contribution in [3.8, 4) is 11.1 Å². The van der Waals surface area contributed by atoms with E-state index in [1.54, 1.807) is 6.92 Å². The Morgan fingerprint density at radius 1 is 1.03 bits per heavy atom. The second kappa shape index (κ2) is 9.42. The van der Waals surface area contributed by atoms with Crippen LogP contribution in [0.4, 0.5) is 4.79 Å². The van der Waals surface area contributed by atoms with E-state index in [1.807, 2.05) is 36.4 Å². The molecule has 0 aliphatic heterocycles. The predicted octanol–water partition coefficient (Wildman–Crippen LogP) is 3.67. The zero-order valence-electron chi connectivity index (χ0n) is 18.0. The van der Waals surface area contributed by atoms with Gasteiger partial charge in [0.25, 0.3) is 0 Å². The van der Waals surface area contributed by atoms with E-state index in [2.05, 4.69) is 22.8 Å². The van der Waals surface area contributed by atoms with Crippen LogP contribution in [0.5, 0.6) is 0 Å². The Morgan fingerprint density at radius 3 is 2.25 bits per heavy atom. The lowest BCUT2D eigenvalue weighted by atomic mass is 9.98. The van der Waals surface area contributed by atoms with E-state index in [9.17, 15) is 19.5 Å². The third-order valence-electron chi connectivity index (χ3n) is 6.52. The van der Waals surface area contributed by atoms with Crippen molar-refractivity contribution in [1.29, 1.82) is 0 Å². The summed E-state index contributed by atoms with van der Waals surface area (Å²) >= 11 is 0. The van der Waals surface area contributed by atoms with E-state index in [0.29, 0.717) is 19.3 Å². The average Bonchev–Trinajstić information content (AvgIpc) is 3.38. The van der Waals surface area contributed by atoms with Crippen LogP contribution < -0.4 is 10.6 Å². The zero-order chi connectivity index (χ0) is 22.7. The Kier molecular flexibility index (Phi) is 6.44. The van der Waals surface area contributed by atoms with E-state index in [1.165, 1.54) is 0 Å². The summed E-state index contributed by atoms with van der Waals surface area (Å²) in [5.74, 6) is -1.91. The standard InChI is InChI=1S/C25H28N2O5/c1-2-21(23(28)26-22-13-7-12-19(22)24(29)30)27-25(31)32-14-20-17-10-5-3-8-15(17)16-9-4-6-11-18(16)20/h3-6,8-11,19-22H,2,7,12-14H2,1H3,(H,26,28)(H,27,31)(H,29,30)/t19?,21-,22?/m1/s1. The second-order valence-corrected chi connectivity index (χ2v) is 8.42. The molecule has 7 nitrogen and oxygen atoms in total. The summed E-state index contributed by atoms with van der Waals surface area (Å²) in [4.78, 5) is 36.5. The number of carbonyl (C=O) groups excluding carboxylic acids is 2. The number of fused-ring (bicyclic) bond motifs is 3. The highest BCUT2D eigenvalue weighted by molar-refractivity contribution is 5.86. The van der Waals surface area contributed by atoms with Crippen molar-refractivity contribution in [2.75, 3.05) is 6.61 Å². The Bertz CT molecular complexity index is 975. The van der Waals surface area contributed by atoms with Crippen LogP contribution in [0.1, 0.15) is 49.7 Å². The number of aliphatic carboxylic acids is 1. The van der Waals surface area contributed by atoms with Crippen LogP contribution in [-0.4, -0.2) is 41.8 Å². The maximum absolute atomic E-state index is 12.6. The van der Waals surface area contributed by atoms with Crippen LogP contribution >= 0.6 is 0 Å². The molecule has 2 aliphatic carbocycles. The van der Waals surface area contributed by atoms with E-state index < -0.39 is 30.1 Å². The highest BCUT2D eigenvalue weighted by atomic mass is 16.5. The number of ether oxygens (including phenoxy) is 1. The number of hydrogen-bond donors (Lipinski definition) is 3. The molecule has 4 rings (SSSR count). The Morgan fingerprint density at radius 2 is 1.66 bits per heavy atom. The van der Waals surface area contributed by atoms with Crippen molar-refractivity contribution in [3.63, 3.8) is 0 Å². The number of carboxylic acid groups (broad SMARTS) is 1. The molecule has 1 fully saturated rings. The Balaban J connectivity index is 1.36. The number of nitrogens with one attached hydrogen (secondary N) is 2. The number of amides is 2. The lowest BCUT2D eigenvalue weighted by Crippen LogP contribution is -2.51. The van der Waals surface area contributed by atoms with Crippen molar-refractivity contribution < 1.29 is 24.2 Å². The number of benzene rings is 2. The van der Waals surface area contributed by atoms with Gasteiger partial charge in [-0.15, -0.1) is 0 Å². The van der Waals surface area contributed by atoms with Gasteiger partial charge in [-0.25, -0.2) is 4.79 Å². The van der Waals surface area contributed by atoms with E-state index in [-0.39, 0.29) is 18.4 Å². The molecule has 0 spiro atoms. The number of alkyl carbamates (subject to hydrolysis) is 1. The molecule has 2 aliphatic rings. The first kappa shape index (κ1) is 21.9. The Hall–Kier alpha value is -3.35. The summed E-state index contributed by atoms with van der Waals surface area (Å²) in [5, 5.41) is 14.7. The monoisotopic (exact) mass is 436 g/mol. The van der Waals surface area contributed by atoms with Gasteiger partial charge < -0.3 is 20.5 Å². The Labute approximate surface area is 187 Å². The normalized spacial score (nSPS) is 20.2. The first-order valence-corrected chi connectivity index (χ1v) is 11.1. The molecule has 32 heavy (non-hydrogen) atoms. The quantitative estimate of drug-likeness (QED) is 0.614. The number of rotatable bonds is 7. The van der Waals surface area contributed by atoms with Crippen LogP contribution in [-0.2, 0) is 14.3 Å². The molecule has 0 aromatic heterocycles. The lowest BCUT2D eigenvalue weighted by molar-refractivity contribution is -0.142. The van der Waals surface area contributed by atoms with Crippen molar-refractivity contribution >= 4 is 18.0 Å². The fourth-order valence-electron chi connectivity index (χ4n) is 4.85. The predicted molar refractivity (Wildman–Crippen MR) is 119 cm³/mol. The smallest absolute Gasteiger partial charge is 0.407 e. The van der Waals surface area contributed by atoms with Gasteiger partial charge in [-0.1, -0.05) is 61.9 Å². The molecule has 3 N–H and O–H groups in total. The van der Waals surface area contributed by atoms with Gasteiger partial charge in [0, 0.05) is 12.0 Å². The number of carbonyl (C=O) groups is 3. The van der Waals surface area contributed by atoms with Crippen molar-refractivity contribution in [2.24, 2.45) is 5.92 Å². The largest absolute Gasteiger partial charge is 0.481 e. The molecule has 2 aromatic carbocycles. The fraction of sp³-hybridized carbons (Fsp3) is 0.400. The highest BCUT2D eigenvalue weighted by Crippen LogP contribution is 2.44. The molecule has 7 heteroatoms. The molecule has 1 saturated carbocycles. The van der Waals surface area contributed by atoms with E-state index >= 15 is 0 Å². The topological polar surface area (TPSA) is 105 Å². The molecule has 2 amide bonds. The number of carboxylic acids is 1. The van der Waals surface area contributed by atoms with Crippen molar-refractivity contribution in [1.82, 2.24) is 10.6 Å². The maximum atomic E-state index is 12.6. The summed E-state index contributed by atoms with van der Waals surface area (Å²) in [6.45, 7) is 1.96. The van der Waals surface area contributed by atoms with E-state index in [0.717, 1.165) is 28.7 Å². The zero-order valence-corrected chi connectivity index (χ0v) is 18.0. The van der Waals surface area contributed by atoms with Gasteiger partial charge in [-0.3, -0.25) is 9.59 Å². The highest BCUT2D eigenvalue weighted by Gasteiger charge is 2.35. The summed E-state index contributed by atoms with van der Waals surface area (Å²) in [6, 6.07) is 15.0. The van der Waals surface area contributed by atoms with Crippen LogP contribution in [0, 0.1) is 5.92 Å². The van der Waals surface area contributed by atoms with Gasteiger partial charge >= 0.3 is 12.1 Å². The van der Waals surface area contributed by atoms with Gasteiger partial charge in [0.2, 0.25) is 5.91 Å². The first-order valence-electron chi connectivity index (χ1n) is 11.1. The molecule has 2 unspecified atom stereocenters. The van der Waals surface area contributed by atoms with Crippen LogP contribution in [0.25, 0.3) is 11.1 Å². The molecular weight excluding hydrogens is 408 g/mol. The first-order chi connectivity index (χ1) is 15.5. The minimum Gasteiger partial charge on any atom is -0.481 e. The molecule has 168 valence electrons. The summed E-state index contributed by atoms with van der Waals surface area (Å²) < 4.78 is 5.53. The summed E-state index contributed by atoms with van der Waals surface area (Å²) in [5.41, 5.74) is 4.53. The third-order valence-corrected chi connectivity index (χ3v) is 6.52. The van der Waals surface area contributed by atoms with Gasteiger partial charge in [0.1, 0.15) is 12.6 Å². The lowest BCUT2D eigenvalue weighted by Gasteiger charge is -2.22. The molecule has 0 bridgehead atoms.